The number of aromatic nitrogens is 2. The Balaban J connectivity index is 1.51. The first-order chi connectivity index (χ1) is 16.7. The average molecular weight is 478 g/mol. The molecule has 0 fully saturated rings. The van der Waals surface area contributed by atoms with Crippen LogP contribution in [0.25, 0.3) is 21.8 Å². The number of benzene rings is 3. The highest BCUT2D eigenvalue weighted by Gasteiger charge is 2.14. The summed E-state index contributed by atoms with van der Waals surface area (Å²) in [4.78, 5) is 7.53. The molecule has 0 saturated heterocycles. The van der Waals surface area contributed by atoms with Crippen molar-refractivity contribution in [3.05, 3.63) is 71.5 Å². The van der Waals surface area contributed by atoms with E-state index in [1.807, 2.05) is 30.3 Å². The van der Waals surface area contributed by atoms with Crippen molar-refractivity contribution in [2.24, 2.45) is 0 Å². The summed E-state index contributed by atoms with van der Waals surface area (Å²) in [5.74, 6) is 1.83. The zero-order chi connectivity index (χ0) is 23.8. The first kappa shape index (κ1) is 24.6. The second-order valence-electron chi connectivity index (χ2n) is 8.98. The topological polar surface area (TPSA) is 30.3 Å². The molecule has 0 bridgehead atoms. The Morgan fingerprint density at radius 2 is 1.62 bits per heavy atom. The lowest BCUT2D eigenvalue weighted by Gasteiger charge is -2.22. The third-order valence-corrected chi connectivity index (χ3v) is 6.64. The van der Waals surface area contributed by atoms with Crippen LogP contribution >= 0.6 is 11.6 Å². The zero-order valence-electron chi connectivity index (χ0n) is 20.5. The predicted molar refractivity (Wildman–Crippen MR) is 144 cm³/mol. The smallest absolute Gasteiger partial charge is 0.147 e. The van der Waals surface area contributed by atoms with Crippen molar-refractivity contribution in [3.8, 4) is 5.75 Å². The Bertz CT molecular complexity index is 1190. The molecule has 34 heavy (non-hydrogen) atoms. The first-order valence-corrected chi connectivity index (χ1v) is 13.0. The van der Waals surface area contributed by atoms with Gasteiger partial charge in [0.05, 0.1) is 11.0 Å². The van der Waals surface area contributed by atoms with Gasteiger partial charge in [-0.2, -0.15) is 0 Å². The van der Waals surface area contributed by atoms with Crippen molar-refractivity contribution < 1.29 is 4.74 Å². The lowest BCUT2D eigenvalue weighted by Crippen LogP contribution is -2.28. The highest BCUT2D eigenvalue weighted by molar-refractivity contribution is 6.31. The van der Waals surface area contributed by atoms with E-state index in [1.54, 1.807) is 0 Å². The van der Waals surface area contributed by atoms with Crippen LogP contribution in [0.3, 0.4) is 0 Å². The van der Waals surface area contributed by atoms with E-state index in [0.717, 1.165) is 52.5 Å². The van der Waals surface area contributed by atoms with E-state index in [1.165, 1.54) is 44.2 Å². The third-order valence-electron chi connectivity index (χ3n) is 6.41. The van der Waals surface area contributed by atoms with Gasteiger partial charge in [0, 0.05) is 17.0 Å². The molecule has 4 nitrogen and oxygen atoms in total. The van der Waals surface area contributed by atoms with Gasteiger partial charge in [-0.15, -0.1) is 0 Å². The number of nitrogens with zero attached hydrogens (tertiary/aromatic N) is 3. The number of halogens is 1. The molecule has 5 heteroatoms. The fraction of sp³-hybridized carbons (Fsp3) is 0.414. The maximum Gasteiger partial charge on any atom is 0.147 e. The van der Waals surface area contributed by atoms with E-state index in [0.29, 0.717) is 6.61 Å². The SMILES string of the molecule is CCCCN(CCCC)CCCn1c(COc2cccc3ccccc23)nc2ccc(Cl)cc21. The second kappa shape index (κ2) is 12.2. The molecule has 4 rings (SSSR count). The summed E-state index contributed by atoms with van der Waals surface area (Å²) in [6.07, 6.45) is 6.08. The number of imidazole rings is 1. The summed E-state index contributed by atoms with van der Waals surface area (Å²) in [6, 6.07) is 20.5. The molecule has 4 aromatic rings. The Morgan fingerprint density at radius 1 is 0.882 bits per heavy atom. The number of aryl methyl sites for hydroxylation is 1. The molecule has 3 aromatic carbocycles. The second-order valence-corrected chi connectivity index (χ2v) is 9.42. The molecule has 0 atom stereocenters. The fourth-order valence-corrected chi connectivity index (χ4v) is 4.69. The predicted octanol–water partition coefficient (Wildman–Crippen LogP) is 7.71. The summed E-state index contributed by atoms with van der Waals surface area (Å²) in [7, 11) is 0. The van der Waals surface area contributed by atoms with E-state index >= 15 is 0 Å². The highest BCUT2D eigenvalue weighted by atomic mass is 35.5. The molecule has 0 unspecified atom stereocenters. The maximum absolute atomic E-state index is 6.36. The van der Waals surface area contributed by atoms with Gasteiger partial charge in [0.1, 0.15) is 18.2 Å². The van der Waals surface area contributed by atoms with E-state index in [-0.39, 0.29) is 0 Å². The molecule has 0 aliphatic rings. The van der Waals surface area contributed by atoms with Crippen molar-refractivity contribution in [3.63, 3.8) is 0 Å². The molecular formula is C29H36ClN3O. The number of hydrogen-bond donors (Lipinski definition) is 0. The Labute approximate surface area is 208 Å². The van der Waals surface area contributed by atoms with Gasteiger partial charge in [0.25, 0.3) is 0 Å². The minimum Gasteiger partial charge on any atom is -0.485 e. The molecule has 0 N–H and O–H groups in total. The first-order valence-electron chi connectivity index (χ1n) is 12.7. The molecule has 180 valence electrons. The van der Waals surface area contributed by atoms with Gasteiger partial charge < -0.3 is 14.2 Å². The van der Waals surface area contributed by atoms with Crippen LogP contribution in [-0.4, -0.2) is 34.1 Å². The normalized spacial score (nSPS) is 11.6. The summed E-state index contributed by atoms with van der Waals surface area (Å²) < 4.78 is 8.61. The third kappa shape index (κ3) is 6.11. The molecule has 0 aliphatic carbocycles. The van der Waals surface area contributed by atoms with Gasteiger partial charge in [0.15, 0.2) is 0 Å². The van der Waals surface area contributed by atoms with Crippen LogP contribution in [0.1, 0.15) is 51.8 Å². The molecule has 1 aromatic heterocycles. The zero-order valence-corrected chi connectivity index (χ0v) is 21.2. The standard InChI is InChI=1S/C29H36ClN3O/c1-3-5-17-32(18-6-4-2)19-10-20-33-27-21-24(30)15-16-26(27)31-29(33)22-34-28-14-9-12-23-11-7-8-13-25(23)28/h7-9,11-16,21H,3-6,10,17-20,22H2,1-2H3. The van der Waals surface area contributed by atoms with Gasteiger partial charge in [-0.05, 0) is 68.5 Å². The van der Waals surface area contributed by atoms with Crippen LogP contribution < -0.4 is 4.74 Å². The van der Waals surface area contributed by atoms with Crippen molar-refractivity contribution in [2.45, 2.75) is 59.1 Å². The number of hydrogen-bond acceptors (Lipinski definition) is 3. The van der Waals surface area contributed by atoms with Crippen LogP contribution in [0.15, 0.2) is 60.7 Å². The van der Waals surface area contributed by atoms with E-state index in [9.17, 15) is 0 Å². The number of unbranched alkanes of at least 4 members (excludes halogenated alkanes) is 2. The summed E-state index contributed by atoms with van der Waals surface area (Å²) in [6.45, 7) is 9.33. The Kier molecular flexibility index (Phi) is 8.84. The molecule has 0 saturated carbocycles. The molecular weight excluding hydrogens is 442 g/mol. The lowest BCUT2D eigenvalue weighted by atomic mass is 10.1. The fourth-order valence-electron chi connectivity index (χ4n) is 4.52. The summed E-state index contributed by atoms with van der Waals surface area (Å²) >= 11 is 6.36. The molecule has 0 spiro atoms. The van der Waals surface area contributed by atoms with Gasteiger partial charge in [-0.1, -0.05) is 74.7 Å². The van der Waals surface area contributed by atoms with E-state index < -0.39 is 0 Å². The lowest BCUT2D eigenvalue weighted by molar-refractivity contribution is 0.254. The number of fused-ring (bicyclic) bond motifs is 2. The number of rotatable bonds is 13. The quantitative estimate of drug-likeness (QED) is 0.197. The van der Waals surface area contributed by atoms with E-state index in [4.69, 9.17) is 21.3 Å². The highest BCUT2D eigenvalue weighted by Crippen LogP contribution is 2.27. The van der Waals surface area contributed by atoms with Crippen LogP contribution in [-0.2, 0) is 13.2 Å². The van der Waals surface area contributed by atoms with Gasteiger partial charge in [0.2, 0.25) is 0 Å². The van der Waals surface area contributed by atoms with Crippen LogP contribution in [0.5, 0.6) is 5.75 Å². The van der Waals surface area contributed by atoms with Crippen molar-refractivity contribution >= 4 is 33.4 Å². The van der Waals surface area contributed by atoms with Gasteiger partial charge in [-0.25, -0.2) is 4.98 Å². The van der Waals surface area contributed by atoms with Crippen LogP contribution in [0.4, 0.5) is 0 Å². The van der Waals surface area contributed by atoms with Crippen molar-refractivity contribution in [1.29, 1.82) is 0 Å². The Hall–Kier alpha value is -2.56. The average Bonchev–Trinajstić information content (AvgIpc) is 3.20. The van der Waals surface area contributed by atoms with Crippen molar-refractivity contribution in [1.82, 2.24) is 14.5 Å². The summed E-state index contributed by atoms with van der Waals surface area (Å²) in [5, 5.41) is 3.04. The van der Waals surface area contributed by atoms with Crippen LogP contribution in [0, 0.1) is 0 Å². The minimum absolute atomic E-state index is 0.426. The van der Waals surface area contributed by atoms with Crippen molar-refractivity contribution in [2.75, 3.05) is 19.6 Å². The largest absolute Gasteiger partial charge is 0.485 e. The molecule has 1 heterocycles. The van der Waals surface area contributed by atoms with E-state index in [2.05, 4.69) is 53.6 Å². The summed E-state index contributed by atoms with van der Waals surface area (Å²) in [5.41, 5.74) is 2.05. The van der Waals surface area contributed by atoms with Gasteiger partial charge >= 0.3 is 0 Å². The monoisotopic (exact) mass is 477 g/mol. The molecule has 0 radical (unpaired) electrons. The molecule has 0 amide bonds. The minimum atomic E-state index is 0.426. The number of ether oxygens (including phenoxy) is 1. The Morgan fingerprint density at radius 3 is 2.41 bits per heavy atom. The van der Waals surface area contributed by atoms with Gasteiger partial charge in [-0.3, -0.25) is 0 Å². The maximum atomic E-state index is 6.36. The molecule has 0 aliphatic heterocycles. The van der Waals surface area contributed by atoms with Crippen LogP contribution in [0.2, 0.25) is 5.02 Å².